The van der Waals surface area contributed by atoms with E-state index in [1.165, 1.54) is 16.3 Å². The zero-order valence-electron chi connectivity index (χ0n) is 18.7. The fraction of sp³-hybridized carbons (Fsp3) is 0.321. The van der Waals surface area contributed by atoms with Crippen molar-refractivity contribution < 1.29 is 14.3 Å². The molecule has 0 unspecified atom stereocenters. The summed E-state index contributed by atoms with van der Waals surface area (Å²) in [4.78, 5) is 12.9. The Morgan fingerprint density at radius 3 is 2.76 bits per heavy atom. The van der Waals surface area contributed by atoms with Crippen molar-refractivity contribution in [1.82, 2.24) is 10.1 Å². The fourth-order valence-corrected chi connectivity index (χ4v) is 5.12. The first kappa shape index (κ1) is 20.5. The molecule has 0 N–H and O–H groups in total. The van der Waals surface area contributed by atoms with Gasteiger partial charge in [-0.1, -0.05) is 47.6 Å². The summed E-state index contributed by atoms with van der Waals surface area (Å²) in [6, 6.07) is 23.5. The number of fused-ring (bicyclic) bond motifs is 2. The zero-order chi connectivity index (χ0) is 22.0. The van der Waals surface area contributed by atoms with Crippen LogP contribution in [0, 0.1) is 0 Å². The van der Waals surface area contributed by atoms with E-state index in [9.17, 15) is 0 Å². The maximum Gasteiger partial charge on any atom is 0.168 e. The third-order valence-electron chi connectivity index (χ3n) is 7.06. The van der Waals surface area contributed by atoms with Crippen LogP contribution in [0.3, 0.4) is 0 Å². The molecule has 33 heavy (non-hydrogen) atoms. The van der Waals surface area contributed by atoms with Gasteiger partial charge in [0.05, 0.1) is 12.3 Å². The molecule has 5 nitrogen and oxygen atoms in total. The maximum absolute atomic E-state index is 5.73. The number of likely N-dealkylation sites (tertiary alicyclic amines) is 1. The number of nitrogens with zero attached hydrogens (tertiary/aromatic N) is 2. The van der Waals surface area contributed by atoms with Crippen molar-refractivity contribution in [2.75, 3.05) is 26.2 Å². The van der Waals surface area contributed by atoms with Gasteiger partial charge >= 0.3 is 0 Å². The van der Waals surface area contributed by atoms with Gasteiger partial charge in [-0.3, -0.25) is 0 Å². The highest BCUT2D eigenvalue weighted by molar-refractivity contribution is 5.85. The molecule has 4 aromatic rings. The topological polar surface area (TPSA) is 47.7 Å². The molecule has 0 atom stereocenters. The molecule has 0 spiro atoms. The summed E-state index contributed by atoms with van der Waals surface area (Å²) in [6.07, 6.45) is 4.18. The number of hydrogen-bond donors (Lipinski definition) is 0. The first-order chi connectivity index (χ1) is 16.3. The average Bonchev–Trinajstić information content (AvgIpc) is 3.38. The second-order valence-corrected chi connectivity index (χ2v) is 9.10. The van der Waals surface area contributed by atoms with Gasteiger partial charge in [-0.25, -0.2) is 0 Å². The van der Waals surface area contributed by atoms with Crippen LogP contribution in [0.1, 0.15) is 35.6 Å². The van der Waals surface area contributed by atoms with Gasteiger partial charge in [0.25, 0.3) is 0 Å². The molecule has 2 aliphatic rings. The highest BCUT2D eigenvalue weighted by atomic mass is 17.2. The lowest BCUT2D eigenvalue weighted by Crippen LogP contribution is -2.34. The minimum absolute atomic E-state index is 0.464. The first-order valence-corrected chi connectivity index (χ1v) is 11.9. The lowest BCUT2D eigenvalue weighted by Gasteiger charge is -2.31. The van der Waals surface area contributed by atoms with Crippen LogP contribution in [0.2, 0.25) is 0 Å². The quantitative estimate of drug-likeness (QED) is 0.368. The van der Waals surface area contributed by atoms with Crippen molar-refractivity contribution in [1.29, 1.82) is 0 Å². The van der Waals surface area contributed by atoms with E-state index in [1.807, 2.05) is 12.1 Å². The van der Waals surface area contributed by atoms with Crippen LogP contribution in [-0.2, 0) is 17.7 Å². The van der Waals surface area contributed by atoms with Gasteiger partial charge < -0.3 is 14.3 Å². The molecule has 3 aromatic carbocycles. The number of piperidine rings is 1. The molecule has 0 aliphatic carbocycles. The summed E-state index contributed by atoms with van der Waals surface area (Å²) >= 11 is 0. The summed E-state index contributed by atoms with van der Waals surface area (Å²) < 4.78 is 5.73. The number of hydrogen-bond acceptors (Lipinski definition) is 5. The van der Waals surface area contributed by atoms with E-state index in [2.05, 4.69) is 64.7 Å². The second-order valence-electron chi connectivity index (χ2n) is 9.10. The van der Waals surface area contributed by atoms with Crippen LogP contribution in [0.15, 0.2) is 71.3 Å². The molecule has 0 radical (unpaired) electrons. The Hall–Kier alpha value is -3.15. The Balaban J connectivity index is 1.07. The molecule has 168 valence electrons. The SMILES string of the molecule is c1ccc2c(CCN3CCC(c4cc(-c5ccc6c(c5)CCOO6)on4)CC3)cccc2c1. The normalized spacial score (nSPS) is 17.1. The predicted octanol–water partition coefficient (Wildman–Crippen LogP) is 5.78. The van der Waals surface area contributed by atoms with E-state index in [0.717, 1.165) is 73.6 Å². The van der Waals surface area contributed by atoms with Gasteiger partial charge in [0.1, 0.15) is 0 Å². The minimum Gasteiger partial charge on any atom is -0.356 e. The van der Waals surface area contributed by atoms with E-state index < -0.39 is 0 Å². The van der Waals surface area contributed by atoms with E-state index in [-0.39, 0.29) is 0 Å². The fourth-order valence-electron chi connectivity index (χ4n) is 5.12. The molecule has 1 saturated heterocycles. The largest absolute Gasteiger partial charge is 0.356 e. The summed E-state index contributed by atoms with van der Waals surface area (Å²) in [6.45, 7) is 3.89. The summed E-state index contributed by atoms with van der Waals surface area (Å²) in [5.41, 5.74) is 4.72. The molecule has 0 saturated carbocycles. The summed E-state index contributed by atoms with van der Waals surface area (Å²) in [5, 5.41) is 7.14. The Kier molecular flexibility index (Phi) is 5.58. The van der Waals surface area contributed by atoms with Crippen molar-refractivity contribution in [3.05, 3.63) is 83.6 Å². The van der Waals surface area contributed by atoms with Crippen molar-refractivity contribution in [2.24, 2.45) is 0 Å². The van der Waals surface area contributed by atoms with E-state index in [1.54, 1.807) is 0 Å². The minimum atomic E-state index is 0.464. The van der Waals surface area contributed by atoms with Crippen molar-refractivity contribution in [2.45, 2.75) is 31.6 Å². The molecule has 0 bridgehead atoms. The molecule has 6 rings (SSSR count). The van der Waals surface area contributed by atoms with Crippen LogP contribution >= 0.6 is 0 Å². The van der Waals surface area contributed by atoms with E-state index in [0.29, 0.717) is 12.5 Å². The Morgan fingerprint density at radius 1 is 0.939 bits per heavy atom. The monoisotopic (exact) mass is 440 g/mol. The van der Waals surface area contributed by atoms with Gasteiger partial charge in [-0.05, 0) is 66.9 Å². The predicted molar refractivity (Wildman–Crippen MR) is 128 cm³/mol. The van der Waals surface area contributed by atoms with Gasteiger partial charge in [0, 0.05) is 36.1 Å². The zero-order valence-corrected chi connectivity index (χ0v) is 18.7. The van der Waals surface area contributed by atoms with Crippen LogP contribution < -0.4 is 4.89 Å². The molecule has 3 heterocycles. The van der Waals surface area contributed by atoms with Crippen molar-refractivity contribution >= 4 is 10.8 Å². The molecule has 1 aromatic heterocycles. The molecule has 1 fully saturated rings. The molecule has 5 heteroatoms. The van der Waals surface area contributed by atoms with Crippen LogP contribution in [0.25, 0.3) is 22.1 Å². The van der Waals surface area contributed by atoms with E-state index >= 15 is 0 Å². The highest BCUT2D eigenvalue weighted by Crippen LogP contribution is 2.33. The lowest BCUT2D eigenvalue weighted by atomic mass is 9.92. The van der Waals surface area contributed by atoms with Crippen LogP contribution in [0.4, 0.5) is 0 Å². The summed E-state index contributed by atoms with van der Waals surface area (Å²) in [7, 11) is 0. The number of aromatic nitrogens is 1. The van der Waals surface area contributed by atoms with E-state index in [4.69, 9.17) is 14.3 Å². The Labute approximate surface area is 193 Å². The van der Waals surface area contributed by atoms with Gasteiger partial charge in [-0.2, -0.15) is 4.89 Å². The number of benzene rings is 3. The third-order valence-corrected chi connectivity index (χ3v) is 7.06. The Bertz CT molecular complexity index is 1250. The van der Waals surface area contributed by atoms with Crippen LogP contribution in [-0.4, -0.2) is 36.3 Å². The molecular weight excluding hydrogens is 412 g/mol. The molecule has 0 amide bonds. The number of rotatable bonds is 5. The smallest absolute Gasteiger partial charge is 0.168 e. The van der Waals surface area contributed by atoms with Gasteiger partial charge in [0.2, 0.25) is 0 Å². The van der Waals surface area contributed by atoms with Crippen molar-refractivity contribution in [3.63, 3.8) is 0 Å². The van der Waals surface area contributed by atoms with Gasteiger partial charge in [0.15, 0.2) is 11.5 Å². The molecular formula is C28H28N2O3. The van der Waals surface area contributed by atoms with Gasteiger partial charge in [-0.15, -0.1) is 0 Å². The lowest BCUT2D eigenvalue weighted by molar-refractivity contribution is -0.215. The average molecular weight is 441 g/mol. The maximum atomic E-state index is 5.73. The third kappa shape index (κ3) is 4.26. The Morgan fingerprint density at radius 2 is 1.82 bits per heavy atom. The second kappa shape index (κ2) is 9.00. The first-order valence-electron chi connectivity index (χ1n) is 11.9. The van der Waals surface area contributed by atoms with Crippen molar-refractivity contribution in [3.8, 4) is 17.1 Å². The van der Waals surface area contributed by atoms with Crippen LogP contribution in [0.5, 0.6) is 5.75 Å². The highest BCUT2D eigenvalue weighted by Gasteiger charge is 2.24. The molecule has 2 aliphatic heterocycles. The summed E-state index contributed by atoms with van der Waals surface area (Å²) in [5.74, 6) is 2.09. The standard InChI is InChI=1S/C28H28N2O3/c1-2-7-25-20(4-1)5-3-6-21(25)10-14-30-15-11-22(12-16-30)26-19-28(32-29-26)23-8-9-27-24(18-23)13-17-31-33-27/h1-9,18-19,22H,10-17H2.